The lowest BCUT2D eigenvalue weighted by Gasteiger charge is -2.43. The van der Waals surface area contributed by atoms with E-state index in [1.165, 1.54) is 24.8 Å². The van der Waals surface area contributed by atoms with E-state index in [1.807, 2.05) is 19.2 Å². The van der Waals surface area contributed by atoms with Gasteiger partial charge in [0.1, 0.15) is 0 Å². The molecule has 106 valence electrons. The second-order valence-electron chi connectivity index (χ2n) is 5.51. The van der Waals surface area contributed by atoms with Crippen LogP contribution in [-0.4, -0.2) is 19.3 Å². The number of nitrogens with one attached hydrogen (secondary N) is 1. The molecule has 1 N–H and O–H groups in total. The van der Waals surface area contributed by atoms with Gasteiger partial charge in [-0.2, -0.15) is 0 Å². The third-order valence-corrected chi connectivity index (χ3v) is 4.40. The summed E-state index contributed by atoms with van der Waals surface area (Å²) in [5, 5.41) is 4.44. The molecule has 0 saturated heterocycles. The number of methoxy groups -OCH3 is 1. The van der Waals surface area contributed by atoms with Crippen LogP contribution < -0.4 is 5.32 Å². The summed E-state index contributed by atoms with van der Waals surface area (Å²) in [5.41, 5.74) is 1.34. The average molecular weight is 282 g/mol. The van der Waals surface area contributed by atoms with Crippen LogP contribution in [0.1, 0.15) is 50.6 Å². The number of hydrogen-bond acceptors (Lipinski definition) is 2. The molecule has 1 aliphatic rings. The first-order valence-electron chi connectivity index (χ1n) is 7.23. The Labute approximate surface area is 121 Å². The van der Waals surface area contributed by atoms with Gasteiger partial charge in [0.05, 0.1) is 5.60 Å². The molecule has 1 aliphatic carbocycles. The first-order valence-corrected chi connectivity index (χ1v) is 7.61. The Hall–Kier alpha value is -0.570. The van der Waals surface area contributed by atoms with Crippen molar-refractivity contribution in [2.75, 3.05) is 13.7 Å². The lowest BCUT2D eigenvalue weighted by molar-refractivity contribution is -0.0838. The lowest BCUT2D eigenvalue weighted by atomic mass is 9.74. The highest BCUT2D eigenvalue weighted by Crippen LogP contribution is 2.42. The van der Waals surface area contributed by atoms with Crippen LogP contribution in [0.25, 0.3) is 0 Å². The maximum absolute atomic E-state index is 6.12. The van der Waals surface area contributed by atoms with Gasteiger partial charge in [0.25, 0.3) is 0 Å². The Morgan fingerprint density at radius 1 is 1.42 bits per heavy atom. The van der Waals surface area contributed by atoms with E-state index in [-0.39, 0.29) is 5.60 Å². The molecule has 0 bridgehead atoms. The zero-order valence-corrected chi connectivity index (χ0v) is 12.7. The second-order valence-corrected chi connectivity index (χ2v) is 5.94. The minimum Gasteiger partial charge on any atom is -0.378 e. The van der Waals surface area contributed by atoms with Crippen LogP contribution in [0, 0.1) is 0 Å². The van der Waals surface area contributed by atoms with Crippen LogP contribution in [0.2, 0.25) is 5.02 Å². The highest BCUT2D eigenvalue weighted by molar-refractivity contribution is 6.30. The average Bonchev–Trinajstić information content (AvgIpc) is 2.37. The van der Waals surface area contributed by atoms with Gasteiger partial charge in [0, 0.05) is 18.2 Å². The maximum atomic E-state index is 6.12. The highest BCUT2D eigenvalue weighted by atomic mass is 35.5. The van der Waals surface area contributed by atoms with Crippen molar-refractivity contribution in [2.45, 2.75) is 50.7 Å². The molecule has 0 radical (unpaired) electrons. The lowest BCUT2D eigenvalue weighted by Crippen LogP contribution is -2.43. The molecule has 0 aromatic heterocycles. The molecular formula is C16H24ClNO. The normalized spacial score (nSPS) is 18.9. The zero-order chi connectivity index (χ0) is 13.7. The first kappa shape index (κ1) is 14.8. The monoisotopic (exact) mass is 281 g/mol. The maximum Gasteiger partial charge on any atom is 0.0697 e. The fraction of sp³-hybridized carbons (Fsp3) is 0.625. The molecule has 1 unspecified atom stereocenters. The molecular weight excluding hydrogens is 258 g/mol. The summed E-state index contributed by atoms with van der Waals surface area (Å²) >= 11 is 6.12. The van der Waals surface area contributed by atoms with E-state index in [2.05, 4.69) is 24.4 Å². The van der Waals surface area contributed by atoms with E-state index in [4.69, 9.17) is 16.3 Å². The predicted octanol–water partition coefficient (Wildman–Crippen LogP) is 4.34. The minimum atomic E-state index is 0.0771. The summed E-state index contributed by atoms with van der Waals surface area (Å²) in [6.45, 7) is 3.22. The summed E-state index contributed by atoms with van der Waals surface area (Å²) < 4.78 is 5.76. The number of rotatable bonds is 7. The Balaban J connectivity index is 2.11. The number of hydrogen-bond donors (Lipinski definition) is 1. The molecule has 3 heteroatoms. The molecule has 2 nitrogen and oxygen atoms in total. The minimum absolute atomic E-state index is 0.0771. The molecule has 1 aromatic carbocycles. The van der Waals surface area contributed by atoms with Crippen molar-refractivity contribution >= 4 is 11.6 Å². The van der Waals surface area contributed by atoms with E-state index in [9.17, 15) is 0 Å². The van der Waals surface area contributed by atoms with E-state index in [0.29, 0.717) is 6.04 Å². The molecule has 1 aromatic rings. The van der Waals surface area contributed by atoms with Gasteiger partial charge in [0.15, 0.2) is 0 Å². The van der Waals surface area contributed by atoms with Crippen LogP contribution in [0.5, 0.6) is 0 Å². The fourth-order valence-electron chi connectivity index (χ4n) is 2.78. The van der Waals surface area contributed by atoms with E-state index < -0.39 is 0 Å². The summed E-state index contributed by atoms with van der Waals surface area (Å²) in [5.74, 6) is 0. The van der Waals surface area contributed by atoms with Gasteiger partial charge in [-0.15, -0.1) is 0 Å². The van der Waals surface area contributed by atoms with Gasteiger partial charge < -0.3 is 10.1 Å². The van der Waals surface area contributed by atoms with Crippen molar-refractivity contribution in [1.82, 2.24) is 5.32 Å². The molecule has 1 fully saturated rings. The van der Waals surface area contributed by atoms with E-state index >= 15 is 0 Å². The standard InChI is InChI=1S/C16H24ClNO/c1-3-10-18-15(12-16(19-2)8-5-9-16)13-6-4-7-14(17)11-13/h4,6-7,11,15,18H,3,5,8-10,12H2,1-2H3. The number of halogens is 1. The summed E-state index contributed by atoms with van der Waals surface area (Å²) in [6, 6.07) is 8.51. The van der Waals surface area contributed by atoms with Crippen LogP contribution in [0.15, 0.2) is 24.3 Å². The van der Waals surface area contributed by atoms with Crippen molar-refractivity contribution in [3.05, 3.63) is 34.9 Å². The molecule has 1 atom stereocenters. The quantitative estimate of drug-likeness (QED) is 0.803. The smallest absolute Gasteiger partial charge is 0.0697 e. The predicted molar refractivity (Wildman–Crippen MR) is 80.7 cm³/mol. The van der Waals surface area contributed by atoms with Crippen molar-refractivity contribution < 1.29 is 4.74 Å². The Kier molecular flexibility index (Phi) is 5.26. The molecule has 0 spiro atoms. The SMILES string of the molecule is CCCNC(CC1(OC)CCC1)c1cccc(Cl)c1. The van der Waals surface area contributed by atoms with Gasteiger partial charge in [-0.25, -0.2) is 0 Å². The van der Waals surface area contributed by atoms with Gasteiger partial charge in [-0.3, -0.25) is 0 Å². The van der Waals surface area contributed by atoms with Crippen LogP contribution in [0.3, 0.4) is 0 Å². The van der Waals surface area contributed by atoms with Gasteiger partial charge >= 0.3 is 0 Å². The van der Waals surface area contributed by atoms with Crippen molar-refractivity contribution in [1.29, 1.82) is 0 Å². The van der Waals surface area contributed by atoms with Crippen LogP contribution >= 0.6 is 11.6 Å². The molecule has 19 heavy (non-hydrogen) atoms. The zero-order valence-electron chi connectivity index (χ0n) is 11.9. The van der Waals surface area contributed by atoms with Gasteiger partial charge in [-0.1, -0.05) is 30.7 Å². The molecule has 1 saturated carbocycles. The van der Waals surface area contributed by atoms with Crippen molar-refractivity contribution in [3.8, 4) is 0 Å². The molecule has 0 aliphatic heterocycles. The molecule has 0 heterocycles. The topological polar surface area (TPSA) is 21.3 Å². The first-order chi connectivity index (χ1) is 9.19. The van der Waals surface area contributed by atoms with E-state index in [1.54, 1.807) is 0 Å². The van der Waals surface area contributed by atoms with Crippen molar-refractivity contribution in [3.63, 3.8) is 0 Å². The van der Waals surface area contributed by atoms with E-state index in [0.717, 1.165) is 24.4 Å². The van der Waals surface area contributed by atoms with Crippen LogP contribution in [0.4, 0.5) is 0 Å². The molecule has 2 rings (SSSR count). The second kappa shape index (κ2) is 6.74. The number of benzene rings is 1. The summed E-state index contributed by atoms with van der Waals surface area (Å²) in [4.78, 5) is 0. The third kappa shape index (κ3) is 3.71. The fourth-order valence-corrected chi connectivity index (χ4v) is 2.98. The van der Waals surface area contributed by atoms with Gasteiger partial charge in [-0.05, 0) is 56.3 Å². The Morgan fingerprint density at radius 2 is 2.21 bits per heavy atom. The summed E-state index contributed by atoms with van der Waals surface area (Å²) in [7, 11) is 1.84. The molecule has 0 amide bonds. The third-order valence-electron chi connectivity index (χ3n) is 4.17. The van der Waals surface area contributed by atoms with Gasteiger partial charge in [0.2, 0.25) is 0 Å². The largest absolute Gasteiger partial charge is 0.378 e. The van der Waals surface area contributed by atoms with Crippen molar-refractivity contribution in [2.24, 2.45) is 0 Å². The Morgan fingerprint density at radius 3 is 2.74 bits per heavy atom. The van der Waals surface area contributed by atoms with Crippen LogP contribution in [-0.2, 0) is 4.74 Å². The number of ether oxygens (including phenoxy) is 1. The highest BCUT2D eigenvalue weighted by Gasteiger charge is 2.39. The summed E-state index contributed by atoms with van der Waals surface area (Å²) in [6.07, 6.45) is 5.80. The Bertz CT molecular complexity index is 398.